The van der Waals surface area contributed by atoms with Crippen LogP contribution in [0.5, 0.6) is 0 Å². The second-order valence-corrected chi connectivity index (χ2v) is 14.5. The molecule has 234 valence electrons. The molecule has 2 aliphatic rings. The predicted octanol–water partition coefficient (Wildman–Crippen LogP) is 1.48. The van der Waals surface area contributed by atoms with Gasteiger partial charge in [0.05, 0.1) is 23.1 Å². The summed E-state index contributed by atoms with van der Waals surface area (Å²) >= 11 is 8.23. The van der Waals surface area contributed by atoms with E-state index in [0.717, 1.165) is 43.1 Å². The van der Waals surface area contributed by atoms with Gasteiger partial charge >= 0.3 is 11.9 Å². The molecule has 13 nitrogen and oxygen atoms in total. The van der Waals surface area contributed by atoms with Crippen LogP contribution in [0, 0.1) is 0 Å². The highest BCUT2D eigenvalue weighted by atomic mass is 32.2. The molecule has 2 aromatic rings. The Bertz CT molecular complexity index is 1910. The van der Waals surface area contributed by atoms with Crippen molar-refractivity contribution in [2.24, 2.45) is 0 Å². The van der Waals surface area contributed by atoms with E-state index in [4.69, 9.17) is 22.1 Å². The van der Waals surface area contributed by atoms with Gasteiger partial charge < -0.3 is 19.8 Å². The van der Waals surface area contributed by atoms with Gasteiger partial charge in [-0.2, -0.15) is 8.42 Å². The minimum Gasteiger partial charge on any atom is -0.494 e. The number of anilines is 1. The molecule has 0 aliphatic carbocycles. The van der Waals surface area contributed by atoms with Crippen LogP contribution in [0.15, 0.2) is 56.9 Å². The molecule has 0 unspecified atom stereocenters. The lowest BCUT2D eigenvalue weighted by Gasteiger charge is -2.21. The molecule has 0 radical (unpaired) electrons. The van der Waals surface area contributed by atoms with Crippen LogP contribution in [0.2, 0.25) is 0 Å². The maximum atomic E-state index is 13.4. The molecule has 1 fully saturated rings. The third-order valence-electron chi connectivity index (χ3n) is 6.18. The van der Waals surface area contributed by atoms with Gasteiger partial charge in [-0.15, -0.1) is 11.3 Å². The number of benzene rings is 1. The molecule has 0 spiro atoms. The molecule has 1 saturated heterocycles. The summed E-state index contributed by atoms with van der Waals surface area (Å²) in [5.74, 6) is -3.36. The van der Waals surface area contributed by atoms with Crippen molar-refractivity contribution in [2.45, 2.75) is 24.8 Å². The normalized spacial score (nSPS) is 18.2. The second-order valence-electron chi connectivity index (χ2n) is 9.25. The number of carbonyl (C=O) groups is 3. The van der Waals surface area contributed by atoms with Crippen molar-refractivity contribution in [2.75, 3.05) is 30.9 Å². The van der Waals surface area contributed by atoms with E-state index in [0.29, 0.717) is 16.4 Å². The highest BCUT2D eigenvalue weighted by Gasteiger charge is 2.35. The van der Waals surface area contributed by atoms with Crippen molar-refractivity contribution in [3.05, 3.63) is 66.8 Å². The first-order valence-corrected chi connectivity index (χ1v) is 17.1. The number of hydrogen-bond donors (Lipinski definition) is 3. The first-order valence-electron chi connectivity index (χ1n) is 12.6. The van der Waals surface area contributed by atoms with Crippen LogP contribution in [-0.2, 0) is 35.8 Å². The number of aliphatic carboxylic acids is 2. The van der Waals surface area contributed by atoms with E-state index in [1.807, 2.05) is 29.2 Å². The SMILES string of the molecule is COC(/C=C/C(C)=c1\s/c(=C2\SC(=S)N(CC(=O)O)C2=O)n(CC(=O)O)c1=O)=C1/Sc2ccccc2N1CCCS(=O)(=O)O. The summed E-state index contributed by atoms with van der Waals surface area (Å²) in [7, 11) is -2.69. The number of carboxylic acids is 2. The van der Waals surface area contributed by atoms with Gasteiger partial charge in [-0.1, -0.05) is 54.0 Å². The van der Waals surface area contributed by atoms with E-state index in [2.05, 4.69) is 0 Å². The Hall–Kier alpha value is -3.42. The van der Waals surface area contributed by atoms with Crippen molar-refractivity contribution < 1.29 is 42.3 Å². The summed E-state index contributed by atoms with van der Waals surface area (Å²) in [4.78, 5) is 52.8. The lowest BCUT2D eigenvalue weighted by Crippen LogP contribution is -2.37. The highest BCUT2D eigenvalue weighted by Crippen LogP contribution is 2.47. The fourth-order valence-corrected chi connectivity index (χ4v) is 8.47. The van der Waals surface area contributed by atoms with E-state index >= 15 is 0 Å². The number of allylic oxidation sites excluding steroid dienone is 2. The van der Waals surface area contributed by atoms with E-state index in [-0.39, 0.29) is 31.4 Å². The Kier molecular flexibility index (Phi) is 10.4. The molecule has 1 amide bonds. The van der Waals surface area contributed by atoms with Crippen LogP contribution < -0.4 is 19.7 Å². The molecule has 1 aromatic heterocycles. The van der Waals surface area contributed by atoms with Crippen LogP contribution in [0.3, 0.4) is 0 Å². The maximum absolute atomic E-state index is 13.4. The van der Waals surface area contributed by atoms with Gasteiger partial charge in [0.1, 0.15) is 37.8 Å². The fourth-order valence-electron chi connectivity index (χ4n) is 4.25. The summed E-state index contributed by atoms with van der Waals surface area (Å²) in [5.41, 5.74) is 0.607. The van der Waals surface area contributed by atoms with Crippen molar-refractivity contribution in [1.29, 1.82) is 0 Å². The zero-order chi connectivity index (χ0) is 32.3. The second kappa shape index (κ2) is 13.7. The minimum absolute atomic E-state index is 0.0233. The van der Waals surface area contributed by atoms with Gasteiger partial charge in [0.15, 0.2) is 0 Å². The number of thioether (sulfide) groups is 2. The zero-order valence-corrected chi connectivity index (χ0v) is 27.2. The Morgan fingerprint density at radius 3 is 2.36 bits per heavy atom. The van der Waals surface area contributed by atoms with E-state index in [1.165, 1.54) is 18.9 Å². The number of rotatable bonds is 11. The number of nitrogens with zero attached hydrogens (tertiary/aromatic N) is 3. The van der Waals surface area contributed by atoms with Gasteiger partial charge in [-0.3, -0.25) is 33.2 Å². The lowest BCUT2D eigenvalue weighted by molar-refractivity contribution is -0.140. The molecule has 3 N–H and O–H groups in total. The molecule has 44 heavy (non-hydrogen) atoms. The molecule has 0 bridgehead atoms. The van der Waals surface area contributed by atoms with Gasteiger partial charge in [0, 0.05) is 11.4 Å². The number of aromatic nitrogens is 1. The summed E-state index contributed by atoms with van der Waals surface area (Å²) in [6.45, 7) is 0.493. The topological polar surface area (TPSA) is 184 Å². The van der Waals surface area contributed by atoms with Gasteiger partial charge in [-0.25, -0.2) is 0 Å². The number of thiocarbonyl (C=S) groups is 1. The third-order valence-corrected chi connectivity index (χ3v) is 11.0. The van der Waals surface area contributed by atoms with Crippen LogP contribution in [0.4, 0.5) is 5.69 Å². The standard InChI is InChI=1S/C26H25N3O10S5/c1-14(8-9-16(39-2)24-27(10-5-11-44(36,37)38)15-6-3-4-7-17(15)41-24)20-22(34)28(12-18(30)31)25(42-20)21-23(35)29(13-19(32)33)26(40)43-21/h3-4,6-9H,5,10-13H2,1-2H3,(H,30,31)(H,32,33)(H,36,37,38)/b9-8+,20-14-,24-16+,25-21-. The summed E-state index contributed by atoms with van der Waals surface area (Å²) in [6.07, 6.45) is 3.36. The highest BCUT2D eigenvalue weighted by molar-refractivity contribution is 8.30. The Morgan fingerprint density at radius 2 is 1.73 bits per heavy atom. The lowest BCUT2D eigenvalue weighted by atomic mass is 10.2. The predicted molar refractivity (Wildman–Crippen MR) is 171 cm³/mol. The summed E-state index contributed by atoms with van der Waals surface area (Å²) < 4.78 is 38.5. The molecule has 0 atom stereocenters. The largest absolute Gasteiger partial charge is 0.494 e. The molecule has 3 heterocycles. The molecule has 0 saturated carbocycles. The minimum atomic E-state index is -4.15. The summed E-state index contributed by atoms with van der Waals surface area (Å²) in [5, 5.41) is 19.3. The van der Waals surface area contributed by atoms with Gasteiger partial charge in [0.2, 0.25) is 0 Å². The Morgan fingerprint density at radius 1 is 1.05 bits per heavy atom. The van der Waals surface area contributed by atoms with Crippen molar-refractivity contribution in [1.82, 2.24) is 9.47 Å². The molecule has 2 aliphatic heterocycles. The first-order chi connectivity index (χ1) is 20.7. The Labute approximate surface area is 268 Å². The quantitative estimate of drug-likeness (QED) is 0.174. The van der Waals surface area contributed by atoms with Crippen LogP contribution in [0.25, 0.3) is 10.5 Å². The average molecular weight is 700 g/mol. The smallest absolute Gasteiger partial charge is 0.323 e. The maximum Gasteiger partial charge on any atom is 0.323 e. The summed E-state index contributed by atoms with van der Waals surface area (Å²) in [6, 6.07) is 7.48. The van der Waals surface area contributed by atoms with Gasteiger partial charge in [-0.05, 0) is 37.1 Å². The number of amides is 1. The molecule has 1 aromatic carbocycles. The van der Waals surface area contributed by atoms with E-state index < -0.39 is 52.4 Å². The Balaban J connectivity index is 1.79. The molecular weight excluding hydrogens is 675 g/mol. The van der Waals surface area contributed by atoms with Crippen molar-refractivity contribution >= 4 is 95.5 Å². The van der Waals surface area contributed by atoms with Crippen molar-refractivity contribution in [3.63, 3.8) is 0 Å². The average Bonchev–Trinajstić information content (AvgIpc) is 3.55. The molecular formula is C26H25N3O10S5. The number of hydrogen-bond acceptors (Lipinski definition) is 12. The molecule has 18 heteroatoms. The van der Waals surface area contributed by atoms with E-state index in [9.17, 15) is 37.3 Å². The van der Waals surface area contributed by atoms with E-state index in [1.54, 1.807) is 19.1 Å². The van der Waals surface area contributed by atoms with Gasteiger partial charge in [0.25, 0.3) is 21.6 Å². The molecule has 4 rings (SSSR count). The monoisotopic (exact) mass is 699 g/mol. The number of thiazole rings is 1. The number of para-hydroxylation sites is 1. The zero-order valence-electron chi connectivity index (χ0n) is 23.1. The van der Waals surface area contributed by atoms with Crippen LogP contribution in [0.1, 0.15) is 13.3 Å². The number of carbonyl (C=O) groups excluding carboxylic acids is 1. The number of carboxylic acid groups (broad SMARTS) is 2. The fraction of sp³-hybridized carbons (Fsp3) is 0.269. The van der Waals surface area contributed by atoms with Crippen LogP contribution in [-0.4, -0.2) is 80.8 Å². The first kappa shape index (κ1) is 33.5. The number of methoxy groups -OCH3 is 1. The van der Waals surface area contributed by atoms with Crippen molar-refractivity contribution in [3.8, 4) is 0 Å². The third kappa shape index (κ3) is 7.44. The van der Waals surface area contributed by atoms with Crippen LogP contribution >= 0.6 is 47.1 Å². The number of fused-ring (bicyclic) bond motifs is 1. The number of ether oxygens (including phenoxy) is 1.